The maximum Gasteiger partial charge on any atom is 0.234 e. The lowest BCUT2D eigenvalue weighted by Crippen LogP contribution is -2.07. The van der Waals surface area contributed by atoms with Crippen molar-refractivity contribution in [3.63, 3.8) is 0 Å². The van der Waals surface area contributed by atoms with E-state index in [4.69, 9.17) is 9.15 Å². The third kappa shape index (κ3) is 4.32. The molecule has 0 atom stereocenters. The van der Waals surface area contributed by atoms with Crippen molar-refractivity contribution in [3.05, 3.63) is 90.0 Å². The molecular formula is C24H22N2O4S. The van der Waals surface area contributed by atoms with Crippen molar-refractivity contribution in [1.82, 2.24) is 4.98 Å². The van der Waals surface area contributed by atoms with Gasteiger partial charge in [-0.05, 0) is 48.4 Å². The molecule has 0 unspecified atom stereocenters. The number of aryl methyl sites for hydroxylation is 1. The first kappa shape index (κ1) is 20.7. The van der Waals surface area contributed by atoms with E-state index in [0.29, 0.717) is 6.54 Å². The summed E-state index contributed by atoms with van der Waals surface area (Å²) >= 11 is 0. The maximum atomic E-state index is 13.3. The lowest BCUT2D eigenvalue weighted by molar-refractivity contribution is 0.414. The third-order valence-electron chi connectivity index (χ3n) is 4.89. The molecule has 1 heterocycles. The van der Waals surface area contributed by atoms with Crippen LogP contribution in [-0.2, 0) is 16.4 Å². The summed E-state index contributed by atoms with van der Waals surface area (Å²) in [7, 11) is -2.27. The molecule has 0 spiro atoms. The van der Waals surface area contributed by atoms with Gasteiger partial charge in [0.15, 0.2) is 0 Å². The van der Waals surface area contributed by atoms with Crippen LogP contribution in [0.25, 0.3) is 11.5 Å². The van der Waals surface area contributed by atoms with Crippen molar-refractivity contribution >= 4 is 15.7 Å². The molecule has 0 amide bonds. The maximum absolute atomic E-state index is 13.3. The van der Waals surface area contributed by atoms with Gasteiger partial charge in [-0.3, -0.25) is 0 Å². The van der Waals surface area contributed by atoms with Gasteiger partial charge in [-0.1, -0.05) is 48.5 Å². The van der Waals surface area contributed by atoms with Gasteiger partial charge < -0.3 is 14.5 Å². The molecule has 4 rings (SSSR count). The van der Waals surface area contributed by atoms with Crippen LogP contribution in [0.4, 0.5) is 5.88 Å². The summed E-state index contributed by atoms with van der Waals surface area (Å²) in [6.45, 7) is 2.29. The highest BCUT2D eigenvalue weighted by Crippen LogP contribution is 2.33. The second-order valence-electron chi connectivity index (χ2n) is 6.99. The monoisotopic (exact) mass is 434 g/mol. The van der Waals surface area contributed by atoms with E-state index in [9.17, 15) is 8.42 Å². The number of oxazole rings is 1. The van der Waals surface area contributed by atoms with Crippen molar-refractivity contribution in [3.8, 4) is 17.2 Å². The molecule has 0 saturated carbocycles. The lowest BCUT2D eigenvalue weighted by Gasteiger charge is -2.07. The van der Waals surface area contributed by atoms with E-state index in [2.05, 4.69) is 10.3 Å². The van der Waals surface area contributed by atoms with Gasteiger partial charge in [-0.2, -0.15) is 4.98 Å². The minimum atomic E-state index is -3.87. The number of aromatic nitrogens is 1. The van der Waals surface area contributed by atoms with Crippen LogP contribution < -0.4 is 10.1 Å². The number of ether oxygens (including phenoxy) is 1. The van der Waals surface area contributed by atoms with Crippen LogP contribution in [0.5, 0.6) is 5.75 Å². The van der Waals surface area contributed by atoms with E-state index in [1.807, 2.05) is 55.5 Å². The Morgan fingerprint density at radius 3 is 2.29 bits per heavy atom. The summed E-state index contributed by atoms with van der Waals surface area (Å²) in [5.74, 6) is 1.11. The largest absolute Gasteiger partial charge is 0.497 e. The quantitative estimate of drug-likeness (QED) is 0.436. The first-order valence-electron chi connectivity index (χ1n) is 9.73. The van der Waals surface area contributed by atoms with Gasteiger partial charge in [0.2, 0.25) is 26.6 Å². The van der Waals surface area contributed by atoms with E-state index < -0.39 is 9.84 Å². The third-order valence-corrected chi connectivity index (χ3v) is 6.57. The molecule has 0 aliphatic heterocycles. The number of anilines is 1. The SMILES string of the molecule is COc1ccc(CNc2oc(-c3ccccc3C)nc2S(=O)(=O)c2ccccc2)cc1. The molecule has 1 aromatic heterocycles. The molecule has 0 radical (unpaired) electrons. The minimum absolute atomic E-state index is 0.109. The van der Waals surface area contributed by atoms with Crippen molar-refractivity contribution < 1.29 is 17.6 Å². The van der Waals surface area contributed by atoms with E-state index in [-0.39, 0.29) is 21.7 Å². The molecule has 0 aliphatic carbocycles. The minimum Gasteiger partial charge on any atom is -0.497 e. The first-order valence-corrected chi connectivity index (χ1v) is 11.2. The Morgan fingerprint density at radius 2 is 1.61 bits per heavy atom. The number of hydrogen-bond acceptors (Lipinski definition) is 6. The lowest BCUT2D eigenvalue weighted by atomic mass is 10.1. The molecule has 6 nitrogen and oxygen atoms in total. The van der Waals surface area contributed by atoms with Crippen LogP contribution in [0.2, 0.25) is 0 Å². The Morgan fingerprint density at radius 1 is 0.935 bits per heavy atom. The second kappa shape index (κ2) is 8.65. The Bertz CT molecular complexity index is 1280. The molecule has 0 fully saturated rings. The van der Waals surface area contributed by atoms with Gasteiger partial charge in [0.1, 0.15) is 5.75 Å². The Kier molecular flexibility index (Phi) is 5.77. The van der Waals surface area contributed by atoms with Crippen LogP contribution >= 0.6 is 0 Å². The highest BCUT2D eigenvalue weighted by Gasteiger charge is 2.28. The van der Waals surface area contributed by atoms with Crippen LogP contribution in [0.3, 0.4) is 0 Å². The van der Waals surface area contributed by atoms with Crippen molar-refractivity contribution in [2.45, 2.75) is 23.4 Å². The zero-order valence-electron chi connectivity index (χ0n) is 17.2. The van der Waals surface area contributed by atoms with Gasteiger partial charge in [-0.15, -0.1) is 0 Å². The summed E-state index contributed by atoms with van der Waals surface area (Å²) in [6, 6.07) is 23.3. The molecular weight excluding hydrogens is 412 g/mol. The molecule has 4 aromatic rings. The van der Waals surface area contributed by atoms with E-state index in [0.717, 1.165) is 22.4 Å². The van der Waals surface area contributed by atoms with Gasteiger partial charge in [0, 0.05) is 12.1 Å². The van der Waals surface area contributed by atoms with Crippen LogP contribution in [-0.4, -0.2) is 20.5 Å². The average molecular weight is 435 g/mol. The van der Waals surface area contributed by atoms with Crippen LogP contribution in [0, 0.1) is 6.92 Å². The molecule has 7 heteroatoms. The first-order chi connectivity index (χ1) is 15.0. The van der Waals surface area contributed by atoms with Gasteiger partial charge in [0.05, 0.1) is 12.0 Å². The molecule has 0 saturated heterocycles. The molecule has 0 aliphatic rings. The molecule has 1 N–H and O–H groups in total. The average Bonchev–Trinajstić information content (AvgIpc) is 3.24. The second-order valence-corrected chi connectivity index (χ2v) is 8.85. The normalized spacial score (nSPS) is 11.3. The van der Waals surface area contributed by atoms with Crippen molar-refractivity contribution in [2.24, 2.45) is 0 Å². The number of nitrogens with zero attached hydrogens (tertiary/aromatic N) is 1. The highest BCUT2D eigenvalue weighted by atomic mass is 32.2. The standard InChI is InChI=1S/C24H22N2O4S/c1-17-8-6-7-11-21(17)22-26-24(31(27,28)20-9-4-3-5-10-20)23(30-22)25-16-18-12-14-19(29-2)15-13-18/h3-15,25H,16H2,1-2H3. The number of hydrogen-bond donors (Lipinski definition) is 1. The fourth-order valence-electron chi connectivity index (χ4n) is 3.17. The molecule has 158 valence electrons. The zero-order chi connectivity index (χ0) is 21.8. The van der Waals surface area contributed by atoms with Crippen LogP contribution in [0.1, 0.15) is 11.1 Å². The Hall–Kier alpha value is -3.58. The number of sulfone groups is 1. The molecule has 0 bridgehead atoms. The highest BCUT2D eigenvalue weighted by molar-refractivity contribution is 7.91. The smallest absolute Gasteiger partial charge is 0.234 e. The summed E-state index contributed by atoms with van der Waals surface area (Å²) in [5.41, 5.74) is 2.62. The van der Waals surface area contributed by atoms with Crippen LogP contribution in [0.15, 0.2) is 93.2 Å². The van der Waals surface area contributed by atoms with Gasteiger partial charge in [-0.25, -0.2) is 8.42 Å². The van der Waals surface area contributed by atoms with Gasteiger partial charge in [0.25, 0.3) is 0 Å². The number of rotatable bonds is 7. The predicted molar refractivity (Wildman–Crippen MR) is 119 cm³/mol. The summed E-state index contributed by atoms with van der Waals surface area (Å²) < 4.78 is 37.7. The fraction of sp³-hybridized carbons (Fsp3) is 0.125. The fourth-order valence-corrected chi connectivity index (χ4v) is 4.46. The zero-order valence-corrected chi connectivity index (χ0v) is 18.0. The van der Waals surface area contributed by atoms with Gasteiger partial charge >= 0.3 is 0 Å². The summed E-state index contributed by atoms with van der Waals surface area (Å²) in [4.78, 5) is 4.55. The molecule has 3 aromatic carbocycles. The topological polar surface area (TPSA) is 81.4 Å². The Labute approximate surface area is 181 Å². The summed E-state index contributed by atoms with van der Waals surface area (Å²) in [6.07, 6.45) is 0. The number of methoxy groups -OCH3 is 1. The van der Waals surface area contributed by atoms with E-state index in [1.165, 1.54) is 0 Å². The predicted octanol–water partition coefficient (Wildman–Crippen LogP) is 5.10. The summed E-state index contributed by atoms with van der Waals surface area (Å²) in [5, 5.41) is 2.97. The van der Waals surface area contributed by atoms with E-state index >= 15 is 0 Å². The van der Waals surface area contributed by atoms with Crippen molar-refractivity contribution in [2.75, 3.05) is 12.4 Å². The van der Waals surface area contributed by atoms with E-state index in [1.54, 1.807) is 37.4 Å². The molecule has 31 heavy (non-hydrogen) atoms. The van der Waals surface area contributed by atoms with Crippen molar-refractivity contribution in [1.29, 1.82) is 0 Å². The Balaban J connectivity index is 1.74. The number of nitrogens with one attached hydrogen (secondary N) is 1. The number of benzene rings is 3.